The minimum Gasteiger partial charge on any atom is -0.363 e. The van der Waals surface area contributed by atoms with Crippen molar-refractivity contribution in [3.05, 3.63) is 0 Å². The van der Waals surface area contributed by atoms with E-state index in [2.05, 4.69) is 17.1 Å². The molecule has 1 aliphatic heterocycles. The minimum atomic E-state index is 0.931. The second-order valence-corrected chi connectivity index (χ2v) is 4.93. The Balaban J connectivity index is 1.89. The Labute approximate surface area is 92.0 Å². The first-order valence-electron chi connectivity index (χ1n) is 5.84. The van der Waals surface area contributed by atoms with E-state index < -0.39 is 0 Å². The molecule has 3 heteroatoms. The van der Waals surface area contributed by atoms with E-state index in [9.17, 15) is 0 Å². The number of rotatable bonds is 1. The van der Waals surface area contributed by atoms with Crippen LogP contribution in [-0.2, 0) is 0 Å². The van der Waals surface area contributed by atoms with Gasteiger partial charge in [-0.25, -0.2) is 0 Å². The summed E-state index contributed by atoms with van der Waals surface area (Å²) in [6, 6.07) is 0. The van der Waals surface area contributed by atoms with E-state index >= 15 is 0 Å². The number of nitrogens with one attached hydrogen (secondary N) is 1. The van der Waals surface area contributed by atoms with Crippen molar-refractivity contribution in [2.24, 2.45) is 11.8 Å². The Morgan fingerprint density at radius 3 is 2.36 bits per heavy atom. The van der Waals surface area contributed by atoms with Crippen LogP contribution in [0.1, 0.15) is 32.6 Å². The van der Waals surface area contributed by atoms with Crippen LogP contribution in [0.5, 0.6) is 0 Å². The van der Waals surface area contributed by atoms with Crippen molar-refractivity contribution in [2.75, 3.05) is 19.6 Å². The zero-order valence-electron chi connectivity index (χ0n) is 8.96. The molecule has 0 amide bonds. The van der Waals surface area contributed by atoms with E-state index in [1.54, 1.807) is 0 Å². The first-order chi connectivity index (χ1) is 6.81. The molecule has 2 nitrogen and oxygen atoms in total. The number of nitrogens with zero attached hydrogens (tertiary/aromatic N) is 1. The summed E-state index contributed by atoms with van der Waals surface area (Å²) >= 11 is 5.35. The molecule has 2 aliphatic rings. The van der Waals surface area contributed by atoms with E-state index in [1.165, 1.54) is 38.8 Å². The van der Waals surface area contributed by atoms with E-state index in [4.69, 9.17) is 12.2 Å². The predicted molar refractivity (Wildman–Crippen MR) is 63.3 cm³/mol. The third-order valence-electron chi connectivity index (χ3n) is 3.59. The van der Waals surface area contributed by atoms with Gasteiger partial charge in [0.25, 0.3) is 0 Å². The molecule has 80 valence electrons. The molecule has 1 aliphatic carbocycles. The molecule has 0 unspecified atom stereocenters. The number of hydrogen-bond acceptors (Lipinski definition) is 1. The van der Waals surface area contributed by atoms with Gasteiger partial charge < -0.3 is 10.2 Å². The van der Waals surface area contributed by atoms with Gasteiger partial charge in [0, 0.05) is 19.6 Å². The van der Waals surface area contributed by atoms with Crippen LogP contribution in [0, 0.1) is 11.8 Å². The molecule has 0 aromatic rings. The fourth-order valence-corrected chi connectivity index (χ4v) is 3.13. The molecule has 2 rings (SSSR count). The Bertz CT molecular complexity index is 203. The Kier molecular flexibility index (Phi) is 3.26. The summed E-state index contributed by atoms with van der Waals surface area (Å²) in [5, 5.41) is 4.23. The van der Waals surface area contributed by atoms with Gasteiger partial charge in [-0.15, -0.1) is 0 Å². The van der Waals surface area contributed by atoms with Gasteiger partial charge in [-0.2, -0.15) is 0 Å². The van der Waals surface area contributed by atoms with Gasteiger partial charge >= 0.3 is 0 Å². The molecule has 0 aromatic carbocycles. The molecule has 1 saturated carbocycles. The smallest absolute Gasteiger partial charge is 0.168 e. The number of likely N-dealkylation sites (tertiary alicyclic amines) is 1. The van der Waals surface area contributed by atoms with Crippen molar-refractivity contribution >= 4 is 17.3 Å². The maximum atomic E-state index is 5.35. The van der Waals surface area contributed by atoms with Crippen molar-refractivity contribution in [2.45, 2.75) is 32.6 Å². The fraction of sp³-hybridized carbons (Fsp3) is 0.909. The average molecular weight is 212 g/mol. The van der Waals surface area contributed by atoms with Crippen molar-refractivity contribution < 1.29 is 0 Å². The molecule has 0 radical (unpaired) electrons. The van der Waals surface area contributed by atoms with E-state index in [-0.39, 0.29) is 0 Å². The molecular formula is C11H20N2S. The molecule has 14 heavy (non-hydrogen) atoms. The predicted octanol–water partition coefficient (Wildman–Crippen LogP) is 2.00. The van der Waals surface area contributed by atoms with Crippen molar-refractivity contribution in [1.29, 1.82) is 0 Å². The van der Waals surface area contributed by atoms with Crippen LogP contribution in [0.25, 0.3) is 0 Å². The molecular weight excluding hydrogens is 192 g/mol. The van der Waals surface area contributed by atoms with Crippen molar-refractivity contribution in [3.63, 3.8) is 0 Å². The molecule has 0 spiro atoms. The number of thiocarbonyl (C=S) groups is 1. The number of fused-ring (bicyclic) bond motifs is 1. The summed E-state index contributed by atoms with van der Waals surface area (Å²) in [4.78, 5) is 2.37. The highest BCUT2D eigenvalue weighted by atomic mass is 32.1. The van der Waals surface area contributed by atoms with Gasteiger partial charge in [0.15, 0.2) is 5.11 Å². The molecule has 0 bridgehead atoms. The molecule has 0 aromatic heterocycles. The summed E-state index contributed by atoms with van der Waals surface area (Å²) in [5.74, 6) is 1.86. The standard InChI is InChI=1S/C11H20N2S/c1-2-12-11(14)13-7-9-5-3-4-6-10(9)8-13/h9-10H,2-8H2,1H3,(H,12,14)/t9-,10+. The van der Waals surface area contributed by atoms with Gasteiger partial charge in [-0.05, 0) is 43.8 Å². The monoisotopic (exact) mass is 212 g/mol. The van der Waals surface area contributed by atoms with Crippen LogP contribution in [0.2, 0.25) is 0 Å². The van der Waals surface area contributed by atoms with Crippen LogP contribution >= 0.6 is 12.2 Å². The lowest BCUT2D eigenvalue weighted by Crippen LogP contribution is -2.38. The summed E-state index contributed by atoms with van der Waals surface area (Å²) < 4.78 is 0. The summed E-state index contributed by atoms with van der Waals surface area (Å²) in [6.45, 7) is 5.47. The Morgan fingerprint density at radius 1 is 1.29 bits per heavy atom. The zero-order chi connectivity index (χ0) is 9.97. The Morgan fingerprint density at radius 2 is 1.86 bits per heavy atom. The lowest BCUT2D eigenvalue weighted by molar-refractivity contribution is 0.299. The second-order valence-electron chi connectivity index (χ2n) is 4.55. The zero-order valence-corrected chi connectivity index (χ0v) is 9.78. The quantitative estimate of drug-likeness (QED) is 0.669. The minimum absolute atomic E-state index is 0.931. The first-order valence-corrected chi connectivity index (χ1v) is 6.25. The van der Waals surface area contributed by atoms with Gasteiger partial charge in [0.05, 0.1) is 0 Å². The molecule has 1 saturated heterocycles. The SMILES string of the molecule is CCNC(=S)N1C[C@H]2CCCC[C@H]2C1. The largest absolute Gasteiger partial charge is 0.363 e. The van der Waals surface area contributed by atoms with Gasteiger partial charge in [-0.3, -0.25) is 0 Å². The first kappa shape index (κ1) is 10.2. The maximum absolute atomic E-state index is 5.35. The topological polar surface area (TPSA) is 15.3 Å². The van der Waals surface area contributed by atoms with E-state index in [0.29, 0.717) is 0 Å². The van der Waals surface area contributed by atoms with Crippen LogP contribution in [0.3, 0.4) is 0 Å². The van der Waals surface area contributed by atoms with Gasteiger partial charge in [-0.1, -0.05) is 12.8 Å². The third kappa shape index (κ3) is 2.02. The molecule has 2 fully saturated rings. The molecule has 2 atom stereocenters. The Hall–Kier alpha value is -0.310. The fourth-order valence-electron chi connectivity index (χ4n) is 2.83. The van der Waals surface area contributed by atoms with Crippen LogP contribution < -0.4 is 5.32 Å². The van der Waals surface area contributed by atoms with Crippen LogP contribution in [0.15, 0.2) is 0 Å². The van der Waals surface area contributed by atoms with Crippen molar-refractivity contribution in [1.82, 2.24) is 10.2 Å². The lowest BCUT2D eigenvalue weighted by Gasteiger charge is -2.22. The molecule has 1 N–H and O–H groups in total. The number of hydrogen-bond donors (Lipinski definition) is 1. The highest BCUT2D eigenvalue weighted by Crippen LogP contribution is 2.35. The van der Waals surface area contributed by atoms with Crippen molar-refractivity contribution in [3.8, 4) is 0 Å². The summed E-state index contributed by atoms with van der Waals surface area (Å²) in [5.41, 5.74) is 0. The maximum Gasteiger partial charge on any atom is 0.168 e. The normalized spacial score (nSPS) is 31.4. The van der Waals surface area contributed by atoms with E-state index in [1.807, 2.05) is 0 Å². The highest BCUT2D eigenvalue weighted by molar-refractivity contribution is 7.80. The van der Waals surface area contributed by atoms with E-state index in [0.717, 1.165) is 23.5 Å². The lowest BCUT2D eigenvalue weighted by atomic mass is 9.82. The molecule has 1 heterocycles. The highest BCUT2D eigenvalue weighted by Gasteiger charge is 2.34. The third-order valence-corrected chi connectivity index (χ3v) is 3.99. The summed E-state index contributed by atoms with van der Waals surface area (Å²) in [7, 11) is 0. The van der Waals surface area contributed by atoms with Gasteiger partial charge in [0.2, 0.25) is 0 Å². The summed E-state index contributed by atoms with van der Waals surface area (Å²) in [6.07, 6.45) is 5.72. The average Bonchev–Trinajstić information content (AvgIpc) is 2.61. The van der Waals surface area contributed by atoms with Crippen LogP contribution in [0.4, 0.5) is 0 Å². The van der Waals surface area contributed by atoms with Crippen LogP contribution in [-0.4, -0.2) is 29.6 Å². The second kappa shape index (κ2) is 4.47. The van der Waals surface area contributed by atoms with Gasteiger partial charge in [0.1, 0.15) is 0 Å².